The van der Waals surface area contributed by atoms with E-state index in [0.717, 1.165) is 6.26 Å². The number of amides is 1. The fraction of sp³-hybridized carbons (Fsp3) is 0.429. The van der Waals surface area contributed by atoms with E-state index in [4.69, 9.17) is 5.11 Å². The number of sulfone groups is 1. The van der Waals surface area contributed by atoms with Crippen LogP contribution in [0.4, 0.5) is 0 Å². The molecule has 0 aliphatic heterocycles. The van der Waals surface area contributed by atoms with E-state index in [9.17, 15) is 18.0 Å². The summed E-state index contributed by atoms with van der Waals surface area (Å²) < 4.78 is 21.8. The van der Waals surface area contributed by atoms with Crippen molar-refractivity contribution in [1.29, 1.82) is 0 Å². The van der Waals surface area contributed by atoms with Gasteiger partial charge in [0.05, 0.1) is 11.3 Å². The molecule has 1 amide bonds. The molecule has 0 unspecified atom stereocenters. The molecule has 0 atom stereocenters. The Morgan fingerprint density at radius 2 is 1.90 bits per heavy atom. The molecule has 0 aliphatic carbocycles. The number of hydrogen-bond donors (Lipinski definition) is 2. The highest BCUT2D eigenvalue weighted by Crippen LogP contribution is 2.11. The molecule has 0 aromatic heterocycles. The third kappa shape index (κ3) is 6.89. The predicted molar refractivity (Wildman–Crippen MR) is 79.1 cm³/mol. The van der Waals surface area contributed by atoms with Gasteiger partial charge in [-0.15, -0.1) is 0 Å². The van der Waals surface area contributed by atoms with E-state index in [1.165, 1.54) is 6.07 Å². The van der Waals surface area contributed by atoms with E-state index in [2.05, 4.69) is 5.32 Å². The molecule has 1 aromatic carbocycles. The Morgan fingerprint density at radius 3 is 2.52 bits per heavy atom. The highest BCUT2D eigenvalue weighted by molar-refractivity contribution is 7.90. The summed E-state index contributed by atoms with van der Waals surface area (Å²) in [4.78, 5) is 22.6. The van der Waals surface area contributed by atoms with Gasteiger partial charge in [0, 0.05) is 19.2 Å². The average molecular weight is 313 g/mol. The van der Waals surface area contributed by atoms with Crippen molar-refractivity contribution in [2.24, 2.45) is 0 Å². The Kier molecular flexibility index (Phi) is 6.36. The van der Waals surface area contributed by atoms with Gasteiger partial charge in [-0.2, -0.15) is 0 Å². The van der Waals surface area contributed by atoms with Crippen molar-refractivity contribution in [2.45, 2.75) is 19.3 Å². The molecule has 116 valence electrons. The molecular formula is C14H19NO5S. The summed E-state index contributed by atoms with van der Waals surface area (Å²) in [7, 11) is -3.01. The first-order chi connectivity index (χ1) is 9.79. The largest absolute Gasteiger partial charge is 0.478 e. The summed E-state index contributed by atoms with van der Waals surface area (Å²) in [6.07, 6.45) is 2.03. The number of carboxylic acid groups (broad SMARTS) is 1. The lowest BCUT2D eigenvalue weighted by Crippen LogP contribution is -2.26. The van der Waals surface area contributed by atoms with E-state index in [-0.39, 0.29) is 23.6 Å². The zero-order valence-corrected chi connectivity index (χ0v) is 12.6. The van der Waals surface area contributed by atoms with Crippen molar-refractivity contribution in [3.8, 4) is 0 Å². The third-order valence-corrected chi connectivity index (χ3v) is 3.91. The SMILES string of the molecule is CS(=O)(=O)CCCNC(=O)CCc1ccccc1C(=O)O. The summed E-state index contributed by atoms with van der Waals surface area (Å²) in [5, 5.41) is 11.6. The molecule has 1 aromatic rings. The first-order valence-corrected chi connectivity index (χ1v) is 8.61. The second-order valence-electron chi connectivity index (χ2n) is 4.80. The van der Waals surface area contributed by atoms with E-state index >= 15 is 0 Å². The lowest BCUT2D eigenvalue weighted by molar-refractivity contribution is -0.121. The van der Waals surface area contributed by atoms with Crippen LogP contribution in [0.5, 0.6) is 0 Å². The Bertz CT molecular complexity index is 610. The minimum absolute atomic E-state index is 0.0368. The Morgan fingerprint density at radius 1 is 1.24 bits per heavy atom. The van der Waals surface area contributed by atoms with E-state index in [1.54, 1.807) is 18.2 Å². The topological polar surface area (TPSA) is 101 Å². The van der Waals surface area contributed by atoms with Crippen LogP contribution in [-0.4, -0.2) is 44.0 Å². The number of nitrogens with one attached hydrogen (secondary N) is 1. The highest BCUT2D eigenvalue weighted by Gasteiger charge is 2.10. The van der Waals surface area contributed by atoms with Gasteiger partial charge in [-0.1, -0.05) is 18.2 Å². The number of carboxylic acids is 1. The van der Waals surface area contributed by atoms with Crippen LogP contribution < -0.4 is 5.32 Å². The van der Waals surface area contributed by atoms with Crippen LogP contribution in [0.1, 0.15) is 28.8 Å². The Balaban J connectivity index is 2.38. The maximum absolute atomic E-state index is 11.6. The van der Waals surface area contributed by atoms with Crippen LogP contribution in [-0.2, 0) is 21.1 Å². The van der Waals surface area contributed by atoms with Crippen LogP contribution in [0.25, 0.3) is 0 Å². The molecule has 21 heavy (non-hydrogen) atoms. The second kappa shape index (κ2) is 7.78. The minimum Gasteiger partial charge on any atom is -0.478 e. The van der Waals surface area contributed by atoms with Crippen molar-refractivity contribution in [2.75, 3.05) is 18.6 Å². The zero-order chi connectivity index (χ0) is 15.9. The molecule has 1 rings (SSSR count). The van der Waals surface area contributed by atoms with Gasteiger partial charge in [0.25, 0.3) is 0 Å². The fourth-order valence-corrected chi connectivity index (χ4v) is 2.51. The number of benzene rings is 1. The summed E-state index contributed by atoms with van der Waals surface area (Å²) in [6, 6.07) is 6.55. The monoisotopic (exact) mass is 313 g/mol. The third-order valence-electron chi connectivity index (χ3n) is 2.88. The molecule has 0 aliphatic rings. The predicted octanol–water partition coefficient (Wildman–Crippen LogP) is 0.868. The molecule has 0 spiro atoms. The van der Waals surface area contributed by atoms with E-state index < -0.39 is 15.8 Å². The van der Waals surface area contributed by atoms with Crippen LogP contribution in [0.3, 0.4) is 0 Å². The molecule has 0 heterocycles. The number of hydrogen-bond acceptors (Lipinski definition) is 4. The van der Waals surface area contributed by atoms with Gasteiger partial charge in [-0.05, 0) is 24.5 Å². The number of carbonyl (C=O) groups excluding carboxylic acids is 1. The molecule has 0 saturated heterocycles. The van der Waals surface area contributed by atoms with Gasteiger partial charge in [-0.25, -0.2) is 13.2 Å². The highest BCUT2D eigenvalue weighted by atomic mass is 32.2. The summed E-state index contributed by atoms with van der Waals surface area (Å²) in [6.45, 7) is 0.298. The molecule has 0 radical (unpaired) electrons. The number of rotatable bonds is 8. The minimum atomic E-state index is -3.01. The van der Waals surface area contributed by atoms with Gasteiger partial charge in [0.2, 0.25) is 5.91 Å². The number of carbonyl (C=O) groups is 2. The normalized spacial score (nSPS) is 11.1. The standard InChI is InChI=1S/C14H19NO5S/c1-21(19,20)10-4-9-15-13(16)8-7-11-5-2-3-6-12(11)14(17)18/h2-3,5-6H,4,7-10H2,1H3,(H,15,16)(H,17,18). The second-order valence-corrected chi connectivity index (χ2v) is 7.06. The summed E-state index contributed by atoms with van der Waals surface area (Å²) in [5.41, 5.74) is 0.804. The summed E-state index contributed by atoms with van der Waals surface area (Å²) in [5.74, 6) is -1.20. The lowest BCUT2D eigenvalue weighted by Gasteiger charge is -2.07. The first-order valence-electron chi connectivity index (χ1n) is 6.55. The fourth-order valence-electron chi connectivity index (χ4n) is 1.85. The van der Waals surface area contributed by atoms with Crippen molar-refractivity contribution in [3.05, 3.63) is 35.4 Å². The molecular weight excluding hydrogens is 294 g/mol. The molecule has 6 nitrogen and oxygen atoms in total. The molecule has 0 saturated carbocycles. The van der Waals surface area contributed by atoms with Gasteiger partial charge in [-0.3, -0.25) is 4.79 Å². The quantitative estimate of drug-likeness (QED) is 0.694. The zero-order valence-electron chi connectivity index (χ0n) is 11.8. The van der Waals surface area contributed by atoms with Crippen LogP contribution in [0, 0.1) is 0 Å². The van der Waals surface area contributed by atoms with Crippen LogP contribution in [0.15, 0.2) is 24.3 Å². The van der Waals surface area contributed by atoms with Crippen molar-refractivity contribution < 1.29 is 23.1 Å². The maximum Gasteiger partial charge on any atom is 0.335 e. The van der Waals surface area contributed by atoms with Crippen LogP contribution in [0.2, 0.25) is 0 Å². The number of aryl methyl sites for hydroxylation is 1. The van der Waals surface area contributed by atoms with Gasteiger partial charge < -0.3 is 10.4 Å². The molecule has 0 bridgehead atoms. The lowest BCUT2D eigenvalue weighted by atomic mass is 10.0. The molecule has 0 fully saturated rings. The van der Waals surface area contributed by atoms with Crippen molar-refractivity contribution in [1.82, 2.24) is 5.32 Å². The number of aromatic carboxylic acids is 1. The molecule has 7 heteroatoms. The van der Waals surface area contributed by atoms with E-state index in [1.807, 2.05) is 0 Å². The van der Waals surface area contributed by atoms with Crippen molar-refractivity contribution >= 4 is 21.7 Å². The van der Waals surface area contributed by atoms with Crippen LogP contribution >= 0.6 is 0 Å². The Labute approximate surface area is 124 Å². The van der Waals surface area contributed by atoms with Gasteiger partial charge in [0.15, 0.2) is 0 Å². The molecule has 2 N–H and O–H groups in total. The smallest absolute Gasteiger partial charge is 0.335 e. The van der Waals surface area contributed by atoms with Gasteiger partial charge >= 0.3 is 5.97 Å². The average Bonchev–Trinajstić information content (AvgIpc) is 2.40. The first kappa shape index (κ1) is 17.2. The van der Waals surface area contributed by atoms with Gasteiger partial charge in [0.1, 0.15) is 9.84 Å². The summed E-state index contributed by atoms with van der Waals surface area (Å²) >= 11 is 0. The Hall–Kier alpha value is -1.89. The van der Waals surface area contributed by atoms with Crippen molar-refractivity contribution in [3.63, 3.8) is 0 Å². The van der Waals surface area contributed by atoms with E-state index in [0.29, 0.717) is 24.9 Å². The maximum atomic E-state index is 11.6.